The lowest BCUT2D eigenvalue weighted by Gasteiger charge is -2.25. The molecule has 0 saturated carbocycles. The molecule has 0 bridgehead atoms. The van der Waals surface area contributed by atoms with Crippen LogP contribution in [0.2, 0.25) is 0 Å². The predicted octanol–water partition coefficient (Wildman–Crippen LogP) is 5.16. The van der Waals surface area contributed by atoms with Crippen LogP contribution in [-0.2, 0) is 40.6 Å². The Balaban J connectivity index is 1.25. The summed E-state index contributed by atoms with van der Waals surface area (Å²) in [5, 5.41) is 2.77. The first kappa shape index (κ1) is 31.1. The van der Waals surface area contributed by atoms with E-state index in [2.05, 4.69) is 5.32 Å². The minimum absolute atomic E-state index is 0.105. The molecule has 1 aliphatic heterocycles. The average Bonchev–Trinajstić information content (AvgIpc) is 3.57. The number of benzene rings is 4. The first-order valence-corrected chi connectivity index (χ1v) is 15.0. The summed E-state index contributed by atoms with van der Waals surface area (Å²) in [5.41, 5.74) is 9.31. The van der Waals surface area contributed by atoms with Crippen LogP contribution in [0.3, 0.4) is 0 Å². The number of nitrogens with zero attached hydrogens (tertiary/aromatic N) is 1. The number of nitrogens with one attached hydrogen (secondary N) is 1. The van der Waals surface area contributed by atoms with Gasteiger partial charge in [0.2, 0.25) is 11.8 Å². The van der Waals surface area contributed by atoms with Crippen molar-refractivity contribution in [2.24, 2.45) is 5.73 Å². The maximum atomic E-state index is 13.3. The van der Waals surface area contributed by atoms with Gasteiger partial charge in [-0.2, -0.15) is 0 Å². The second-order valence-electron chi connectivity index (χ2n) is 10.9. The Bertz CT molecular complexity index is 1570. The van der Waals surface area contributed by atoms with Crippen molar-refractivity contribution in [3.05, 3.63) is 131 Å². The first-order chi connectivity index (χ1) is 22.0. The Hall–Kier alpha value is -5.31. The highest BCUT2D eigenvalue weighted by Gasteiger charge is 2.36. The fourth-order valence-corrected chi connectivity index (χ4v) is 5.17. The molecule has 9 nitrogen and oxygen atoms in total. The molecule has 232 valence electrons. The average molecular weight is 608 g/mol. The Morgan fingerprint density at radius 3 is 1.87 bits per heavy atom. The molecule has 2 atom stereocenters. The quantitative estimate of drug-likeness (QED) is 0.217. The van der Waals surface area contributed by atoms with E-state index in [1.807, 2.05) is 97.1 Å². The van der Waals surface area contributed by atoms with Gasteiger partial charge in [0.1, 0.15) is 31.9 Å². The monoisotopic (exact) mass is 607 g/mol. The van der Waals surface area contributed by atoms with Gasteiger partial charge >= 0.3 is 6.09 Å². The van der Waals surface area contributed by atoms with Gasteiger partial charge in [-0.1, -0.05) is 97.1 Å². The second kappa shape index (κ2) is 15.4. The molecule has 0 spiro atoms. The zero-order valence-corrected chi connectivity index (χ0v) is 25.0. The first-order valence-electron chi connectivity index (χ1n) is 15.0. The van der Waals surface area contributed by atoms with Crippen LogP contribution in [0.1, 0.15) is 35.1 Å². The van der Waals surface area contributed by atoms with E-state index < -0.39 is 30.0 Å². The van der Waals surface area contributed by atoms with Gasteiger partial charge in [0.05, 0.1) is 0 Å². The van der Waals surface area contributed by atoms with E-state index >= 15 is 0 Å². The Labute approximate surface area is 262 Å². The van der Waals surface area contributed by atoms with Gasteiger partial charge in [0.25, 0.3) is 0 Å². The maximum absolute atomic E-state index is 13.3. The van der Waals surface area contributed by atoms with E-state index in [1.54, 1.807) is 12.1 Å². The minimum atomic E-state index is -1.00. The summed E-state index contributed by atoms with van der Waals surface area (Å²) in [6.45, 7) is 1.17. The van der Waals surface area contributed by atoms with Crippen LogP contribution in [0.25, 0.3) is 0 Å². The maximum Gasteiger partial charge on any atom is 0.410 e. The summed E-state index contributed by atoms with van der Waals surface area (Å²) in [4.78, 5) is 40.1. The van der Waals surface area contributed by atoms with Crippen LogP contribution in [-0.4, -0.2) is 41.4 Å². The molecule has 1 heterocycles. The van der Waals surface area contributed by atoms with Gasteiger partial charge in [0.15, 0.2) is 11.5 Å². The predicted molar refractivity (Wildman–Crippen MR) is 169 cm³/mol. The van der Waals surface area contributed by atoms with Crippen molar-refractivity contribution in [3.63, 3.8) is 0 Å². The largest absolute Gasteiger partial charge is 0.485 e. The van der Waals surface area contributed by atoms with Crippen molar-refractivity contribution in [2.75, 3.05) is 6.54 Å². The van der Waals surface area contributed by atoms with Crippen LogP contribution < -0.4 is 20.5 Å². The van der Waals surface area contributed by atoms with Crippen molar-refractivity contribution >= 4 is 17.9 Å². The van der Waals surface area contributed by atoms with Gasteiger partial charge in [-0.3, -0.25) is 14.5 Å². The van der Waals surface area contributed by atoms with Crippen molar-refractivity contribution < 1.29 is 28.6 Å². The molecule has 3 N–H and O–H groups in total. The molecule has 0 unspecified atom stereocenters. The molecule has 0 radical (unpaired) electrons. The number of hydrogen-bond donors (Lipinski definition) is 2. The molecule has 9 heteroatoms. The standard InChI is InChI=1S/C36H37N3O6/c37-34(40)30(38-35(41)31-17-10-20-39(31)36(42)45-25-28-15-8-3-9-16-28)21-29-18-19-32(43-23-26-11-4-1-5-12-26)33(22-29)44-24-27-13-6-2-7-14-27/h1-9,11-16,18-19,22,30-31H,10,17,20-21,23-25H2,(H2,37,40)(H,38,41)/t30-,31+/m0/s1. The third-order valence-electron chi connectivity index (χ3n) is 7.58. The van der Waals surface area contributed by atoms with Crippen LogP contribution in [0, 0.1) is 0 Å². The number of carbonyl (C=O) groups is 3. The lowest BCUT2D eigenvalue weighted by Crippen LogP contribution is -2.53. The molecule has 1 saturated heterocycles. The number of carbonyl (C=O) groups excluding carboxylic acids is 3. The number of ether oxygens (including phenoxy) is 3. The number of primary amides is 1. The fraction of sp³-hybridized carbons (Fsp3) is 0.250. The number of hydrogen-bond acceptors (Lipinski definition) is 6. The third kappa shape index (κ3) is 8.86. The van der Waals surface area contributed by atoms with Crippen molar-refractivity contribution in [2.45, 2.75) is 51.2 Å². The van der Waals surface area contributed by atoms with Gasteiger partial charge in [-0.15, -0.1) is 0 Å². The molecule has 5 rings (SSSR count). The zero-order valence-electron chi connectivity index (χ0n) is 25.0. The van der Waals surface area contributed by atoms with Crippen LogP contribution >= 0.6 is 0 Å². The Morgan fingerprint density at radius 2 is 1.29 bits per heavy atom. The van der Waals surface area contributed by atoms with E-state index in [0.717, 1.165) is 22.3 Å². The highest BCUT2D eigenvalue weighted by molar-refractivity contribution is 5.91. The van der Waals surface area contributed by atoms with Gasteiger partial charge in [-0.25, -0.2) is 4.79 Å². The zero-order chi connectivity index (χ0) is 31.4. The topological polar surface area (TPSA) is 120 Å². The molecule has 4 aromatic carbocycles. The van der Waals surface area contributed by atoms with E-state index in [9.17, 15) is 14.4 Å². The molecule has 1 aliphatic rings. The van der Waals surface area contributed by atoms with Crippen molar-refractivity contribution in [3.8, 4) is 11.5 Å². The van der Waals surface area contributed by atoms with Gasteiger partial charge < -0.3 is 25.3 Å². The number of rotatable bonds is 13. The van der Waals surface area contributed by atoms with E-state index in [-0.39, 0.29) is 13.0 Å². The summed E-state index contributed by atoms with van der Waals surface area (Å²) in [7, 11) is 0. The van der Waals surface area contributed by atoms with E-state index in [1.165, 1.54) is 4.90 Å². The molecular formula is C36H37N3O6. The van der Waals surface area contributed by atoms with E-state index in [0.29, 0.717) is 44.1 Å². The smallest absolute Gasteiger partial charge is 0.410 e. The summed E-state index contributed by atoms with van der Waals surface area (Å²) >= 11 is 0. The summed E-state index contributed by atoms with van der Waals surface area (Å²) in [5.74, 6) is -0.0780. The SMILES string of the molecule is NC(=O)[C@H](Cc1ccc(OCc2ccccc2)c(OCc2ccccc2)c1)NC(=O)[C@H]1CCCN1C(=O)OCc1ccccc1. The molecule has 3 amide bonds. The molecule has 0 aromatic heterocycles. The van der Waals surface area contributed by atoms with Crippen LogP contribution in [0.4, 0.5) is 4.79 Å². The van der Waals surface area contributed by atoms with E-state index in [4.69, 9.17) is 19.9 Å². The number of likely N-dealkylation sites (tertiary alicyclic amines) is 1. The highest BCUT2D eigenvalue weighted by Crippen LogP contribution is 2.31. The minimum Gasteiger partial charge on any atom is -0.485 e. The molecular weight excluding hydrogens is 570 g/mol. The Morgan fingerprint density at radius 1 is 0.733 bits per heavy atom. The summed E-state index contributed by atoms with van der Waals surface area (Å²) in [6.07, 6.45) is 0.667. The number of nitrogens with two attached hydrogens (primary N) is 1. The van der Waals surface area contributed by atoms with Crippen LogP contribution in [0.5, 0.6) is 11.5 Å². The molecule has 4 aromatic rings. The molecule has 1 fully saturated rings. The molecule has 0 aliphatic carbocycles. The Kier molecular flexibility index (Phi) is 10.7. The van der Waals surface area contributed by atoms with Gasteiger partial charge in [0, 0.05) is 13.0 Å². The lowest BCUT2D eigenvalue weighted by atomic mass is 10.0. The van der Waals surface area contributed by atoms with Crippen molar-refractivity contribution in [1.29, 1.82) is 0 Å². The fourth-order valence-electron chi connectivity index (χ4n) is 5.17. The normalized spacial score (nSPS) is 14.8. The number of amides is 3. The van der Waals surface area contributed by atoms with Crippen LogP contribution in [0.15, 0.2) is 109 Å². The summed E-state index contributed by atoms with van der Waals surface area (Å²) < 4.78 is 17.7. The summed E-state index contributed by atoms with van der Waals surface area (Å²) in [6, 6.07) is 32.6. The highest BCUT2D eigenvalue weighted by atomic mass is 16.6. The molecule has 45 heavy (non-hydrogen) atoms. The third-order valence-corrected chi connectivity index (χ3v) is 7.58. The van der Waals surface area contributed by atoms with Gasteiger partial charge in [-0.05, 0) is 47.2 Å². The second-order valence-corrected chi connectivity index (χ2v) is 10.9. The lowest BCUT2D eigenvalue weighted by molar-refractivity contribution is -0.130. The van der Waals surface area contributed by atoms with Crippen molar-refractivity contribution in [1.82, 2.24) is 10.2 Å².